The second-order valence-electron chi connectivity index (χ2n) is 10.2. The third kappa shape index (κ3) is 7.66. The third-order valence-corrected chi connectivity index (χ3v) is 7.27. The summed E-state index contributed by atoms with van der Waals surface area (Å²) in [5.41, 5.74) is 0.452. The van der Waals surface area contributed by atoms with E-state index in [9.17, 15) is 18.0 Å². The molecule has 0 spiro atoms. The minimum Gasteiger partial charge on any atom is -0.465 e. The van der Waals surface area contributed by atoms with Crippen molar-refractivity contribution in [1.29, 1.82) is 0 Å². The third-order valence-electron chi connectivity index (χ3n) is 7.27. The number of aromatic nitrogens is 2. The number of oxazole rings is 1. The Morgan fingerprint density at radius 3 is 2.68 bits per heavy atom. The van der Waals surface area contributed by atoms with Crippen LogP contribution in [0.4, 0.5) is 17.6 Å². The summed E-state index contributed by atoms with van der Waals surface area (Å²) in [6.07, 6.45) is -1.09. The molecule has 0 bridgehead atoms. The minimum absolute atomic E-state index is 0.0286. The van der Waals surface area contributed by atoms with E-state index in [0.29, 0.717) is 69.7 Å². The highest BCUT2D eigenvalue weighted by Crippen LogP contribution is 2.35. The summed E-state index contributed by atoms with van der Waals surface area (Å²) in [6, 6.07) is 3.21. The summed E-state index contributed by atoms with van der Waals surface area (Å²) in [4.78, 5) is 22.8. The molecule has 4 rings (SSSR count). The van der Waals surface area contributed by atoms with Crippen molar-refractivity contribution in [3.05, 3.63) is 41.2 Å². The number of amides is 1. The SMILES string of the molecule is Cc1cnc(CC(=O)N[C@H]2CC[C@](F)(CCN3CCc4ccc(O[C@H](C)C(F)(F)F)nc4CC3)CC2)o1. The number of ether oxygens (including phenoxy) is 1. The molecule has 7 nitrogen and oxygen atoms in total. The first-order valence-corrected chi connectivity index (χ1v) is 12.8. The smallest absolute Gasteiger partial charge is 0.425 e. The van der Waals surface area contributed by atoms with Crippen LogP contribution < -0.4 is 10.1 Å². The molecule has 1 saturated carbocycles. The summed E-state index contributed by atoms with van der Waals surface area (Å²) >= 11 is 0. The lowest BCUT2D eigenvalue weighted by molar-refractivity contribution is -0.190. The predicted octanol–water partition coefficient (Wildman–Crippen LogP) is 4.51. The van der Waals surface area contributed by atoms with Crippen LogP contribution in [0, 0.1) is 6.92 Å². The van der Waals surface area contributed by atoms with Crippen molar-refractivity contribution in [2.75, 3.05) is 19.6 Å². The molecule has 1 aliphatic carbocycles. The van der Waals surface area contributed by atoms with E-state index in [-0.39, 0.29) is 24.2 Å². The number of fused-ring (bicyclic) bond motifs is 1. The van der Waals surface area contributed by atoms with Crippen LogP contribution in [0.3, 0.4) is 0 Å². The van der Waals surface area contributed by atoms with E-state index in [2.05, 4.69) is 20.2 Å². The summed E-state index contributed by atoms with van der Waals surface area (Å²) in [7, 11) is 0. The van der Waals surface area contributed by atoms with E-state index < -0.39 is 17.9 Å². The molecule has 1 amide bonds. The van der Waals surface area contributed by atoms with Gasteiger partial charge in [0.2, 0.25) is 17.7 Å². The zero-order valence-corrected chi connectivity index (χ0v) is 21.2. The highest BCUT2D eigenvalue weighted by atomic mass is 19.4. The minimum atomic E-state index is -4.45. The lowest BCUT2D eigenvalue weighted by Gasteiger charge is -2.35. The fraction of sp³-hybridized carbons (Fsp3) is 0.654. The normalized spacial score (nSPS) is 23.7. The maximum Gasteiger partial charge on any atom is 0.425 e. The Labute approximate surface area is 214 Å². The zero-order chi connectivity index (χ0) is 26.6. The van der Waals surface area contributed by atoms with Crippen LogP contribution in [0.25, 0.3) is 0 Å². The van der Waals surface area contributed by atoms with Gasteiger partial charge in [0.05, 0.1) is 6.20 Å². The largest absolute Gasteiger partial charge is 0.465 e. The van der Waals surface area contributed by atoms with Gasteiger partial charge in [-0.15, -0.1) is 0 Å². The Morgan fingerprint density at radius 1 is 1.27 bits per heavy atom. The Bertz CT molecular complexity index is 1070. The Hall–Kier alpha value is -2.69. The predicted molar refractivity (Wildman–Crippen MR) is 128 cm³/mol. The molecular formula is C26H34F4N4O3. The van der Waals surface area contributed by atoms with Crippen molar-refractivity contribution in [3.8, 4) is 5.88 Å². The fourth-order valence-electron chi connectivity index (χ4n) is 4.93. The van der Waals surface area contributed by atoms with Crippen LogP contribution in [0.2, 0.25) is 0 Å². The number of pyridine rings is 1. The highest BCUT2D eigenvalue weighted by Gasteiger charge is 2.38. The number of alkyl halides is 4. The first kappa shape index (κ1) is 27.3. The molecule has 37 heavy (non-hydrogen) atoms. The molecule has 3 heterocycles. The molecular weight excluding hydrogens is 492 g/mol. The van der Waals surface area contributed by atoms with Gasteiger partial charge in [0.25, 0.3) is 0 Å². The highest BCUT2D eigenvalue weighted by molar-refractivity contribution is 5.77. The van der Waals surface area contributed by atoms with Gasteiger partial charge in [-0.1, -0.05) is 6.07 Å². The number of nitrogens with one attached hydrogen (secondary N) is 1. The first-order chi connectivity index (χ1) is 17.5. The molecule has 1 aliphatic heterocycles. The molecule has 0 unspecified atom stereocenters. The molecule has 1 N–H and O–H groups in total. The molecule has 2 aliphatic rings. The van der Waals surface area contributed by atoms with E-state index >= 15 is 4.39 Å². The molecule has 204 valence electrons. The number of hydrogen-bond acceptors (Lipinski definition) is 6. The van der Waals surface area contributed by atoms with E-state index in [4.69, 9.17) is 9.15 Å². The van der Waals surface area contributed by atoms with Crippen molar-refractivity contribution in [2.24, 2.45) is 0 Å². The van der Waals surface area contributed by atoms with E-state index in [1.54, 1.807) is 19.2 Å². The van der Waals surface area contributed by atoms with Crippen LogP contribution in [0.1, 0.15) is 61.9 Å². The van der Waals surface area contributed by atoms with Gasteiger partial charge in [-0.05, 0) is 57.9 Å². The topological polar surface area (TPSA) is 80.5 Å². The van der Waals surface area contributed by atoms with Crippen molar-refractivity contribution >= 4 is 5.91 Å². The number of nitrogens with zero attached hydrogens (tertiary/aromatic N) is 3. The number of carbonyl (C=O) groups excluding carboxylic acids is 1. The van der Waals surface area contributed by atoms with Crippen molar-refractivity contribution in [2.45, 2.75) is 89.2 Å². The average Bonchev–Trinajstić information content (AvgIpc) is 3.13. The Morgan fingerprint density at radius 2 is 2.00 bits per heavy atom. The number of aryl methyl sites for hydroxylation is 1. The van der Waals surface area contributed by atoms with Crippen molar-refractivity contribution < 1.29 is 31.5 Å². The molecule has 2 aromatic rings. The lowest BCUT2D eigenvalue weighted by Crippen LogP contribution is -2.43. The van der Waals surface area contributed by atoms with Crippen LogP contribution >= 0.6 is 0 Å². The standard InChI is InChI=1S/C26H34F4N4O3/c1-17-16-31-24(36-17)15-22(35)32-20-5-9-25(27,10-6-20)11-14-34-12-7-19-3-4-23(33-21(19)8-13-34)37-18(2)26(28,29)30/h3-4,16,18,20H,5-15H2,1-2H3,(H,32,35)/t18-,20-,25+/m1/s1. The van der Waals surface area contributed by atoms with Gasteiger partial charge in [-0.2, -0.15) is 13.2 Å². The second kappa shape index (κ2) is 11.4. The molecule has 0 aromatic carbocycles. The van der Waals surface area contributed by atoms with E-state index in [0.717, 1.165) is 24.7 Å². The molecule has 0 saturated heterocycles. The van der Waals surface area contributed by atoms with E-state index in [1.165, 1.54) is 6.07 Å². The average molecular weight is 527 g/mol. The Balaban J connectivity index is 1.21. The number of halogens is 4. The van der Waals surface area contributed by atoms with Gasteiger partial charge in [0, 0.05) is 43.9 Å². The first-order valence-electron chi connectivity index (χ1n) is 12.8. The van der Waals surface area contributed by atoms with Crippen LogP contribution in [0.5, 0.6) is 5.88 Å². The van der Waals surface area contributed by atoms with Gasteiger partial charge in [0.15, 0.2) is 6.10 Å². The molecule has 11 heteroatoms. The number of carbonyl (C=O) groups is 1. The quantitative estimate of drug-likeness (QED) is 0.510. The second-order valence-corrected chi connectivity index (χ2v) is 10.2. The maximum atomic E-state index is 15.5. The van der Waals surface area contributed by atoms with Gasteiger partial charge < -0.3 is 19.4 Å². The Kier molecular flexibility index (Phi) is 8.40. The van der Waals surface area contributed by atoms with Crippen LogP contribution in [-0.4, -0.2) is 64.4 Å². The van der Waals surface area contributed by atoms with Gasteiger partial charge in [-0.3, -0.25) is 4.79 Å². The van der Waals surface area contributed by atoms with Crippen LogP contribution in [-0.2, 0) is 24.1 Å². The molecule has 1 atom stereocenters. The van der Waals surface area contributed by atoms with Crippen LogP contribution in [0.15, 0.2) is 22.7 Å². The number of hydrogen-bond donors (Lipinski definition) is 1. The van der Waals surface area contributed by atoms with E-state index in [1.807, 2.05) is 0 Å². The molecule has 0 radical (unpaired) electrons. The summed E-state index contributed by atoms with van der Waals surface area (Å²) in [5.74, 6) is 0.832. The lowest BCUT2D eigenvalue weighted by atomic mass is 9.81. The maximum absolute atomic E-state index is 15.5. The van der Waals surface area contributed by atoms with Gasteiger partial charge in [0.1, 0.15) is 17.8 Å². The van der Waals surface area contributed by atoms with Crippen molar-refractivity contribution in [3.63, 3.8) is 0 Å². The summed E-state index contributed by atoms with van der Waals surface area (Å²) in [5, 5.41) is 2.97. The van der Waals surface area contributed by atoms with Gasteiger partial charge in [-0.25, -0.2) is 14.4 Å². The monoisotopic (exact) mass is 526 g/mol. The number of rotatable bonds is 8. The zero-order valence-electron chi connectivity index (χ0n) is 21.2. The molecule has 2 aromatic heterocycles. The molecule has 1 fully saturated rings. The summed E-state index contributed by atoms with van der Waals surface area (Å²) < 4.78 is 64.3. The van der Waals surface area contributed by atoms with Crippen molar-refractivity contribution in [1.82, 2.24) is 20.2 Å². The fourth-order valence-corrected chi connectivity index (χ4v) is 4.93. The van der Waals surface area contributed by atoms with Gasteiger partial charge >= 0.3 is 6.18 Å². The summed E-state index contributed by atoms with van der Waals surface area (Å²) in [6.45, 7) is 4.73.